The van der Waals surface area contributed by atoms with Gasteiger partial charge in [0.15, 0.2) is 0 Å². The first-order chi connectivity index (χ1) is 8.22. The third kappa shape index (κ3) is 2.52. The van der Waals surface area contributed by atoms with Crippen molar-refractivity contribution in [1.29, 1.82) is 0 Å². The zero-order valence-electron chi connectivity index (χ0n) is 10.2. The van der Waals surface area contributed by atoms with Gasteiger partial charge in [-0.2, -0.15) is 0 Å². The minimum Gasteiger partial charge on any atom is -0.399 e. The summed E-state index contributed by atoms with van der Waals surface area (Å²) >= 11 is 0. The van der Waals surface area contributed by atoms with E-state index in [-0.39, 0.29) is 5.91 Å². The van der Waals surface area contributed by atoms with Crippen LogP contribution in [0.5, 0.6) is 0 Å². The van der Waals surface area contributed by atoms with Crippen LogP contribution in [-0.4, -0.2) is 26.0 Å². The molecule has 1 aromatic carbocycles. The summed E-state index contributed by atoms with van der Waals surface area (Å²) in [6.07, 6.45) is 3.66. The molecule has 1 amide bonds. The summed E-state index contributed by atoms with van der Waals surface area (Å²) in [6.45, 7) is 2.04. The van der Waals surface area contributed by atoms with Gasteiger partial charge in [-0.15, -0.1) is 0 Å². The Balaban J connectivity index is 2.34. The summed E-state index contributed by atoms with van der Waals surface area (Å²) in [4.78, 5) is 14.1. The molecule has 0 unspecified atom stereocenters. The molecule has 0 bridgehead atoms. The van der Waals surface area contributed by atoms with E-state index in [9.17, 15) is 4.79 Å². The number of nitrogen functional groups attached to an aromatic ring is 1. The fraction of sp³-hybridized carbons (Fsp3) is 0.462. The Morgan fingerprint density at radius 3 is 2.65 bits per heavy atom. The van der Waals surface area contributed by atoms with Gasteiger partial charge in [0.05, 0.1) is 5.56 Å². The van der Waals surface area contributed by atoms with Crippen molar-refractivity contribution in [2.75, 3.05) is 30.8 Å². The number of amides is 1. The molecular formula is C13H19N3O. The molecule has 4 nitrogen and oxygen atoms in total. The standard InChI is InChI=1S/C13H19N3O/c1-15-13(17)11-9-10(14)5-6-12(11)16-7-3-2-4-8-16/h5-6,9H,2-4,7-8,14H2,1H3,(H,15,17). The smallest absolute Gasteiger partial charge is 0.253 e. The third-order valence-electron chi connectivity index (χ3n) is 3.19. The first-order valence-corrected chi connectivity index (χ1v) is 6.09. The Labute approximate surface area is 102 Å². The summed E-state index contributed by atoms with van der Waals surface area (Å²) < 4.78 is 0. The maximum Gasteiger partial charge on any atom is 0.253 e. The van der Waals surface area contributed by atoms with Gasteiger partial charge in [-0.25, -0.2) is 0 Å². The molecule has 2 rings (SSSR count). The minimum absolute atomic E-state index is 0.0714. The van der Waals surface area contributed by atoms with Crippen LogP contribution in [0.1, 0.15) is 29.6 Å². The first kappa shape index (κ1) is 11.8. The van der Waals surface area contributed by atoms with Crippen molar-refractivity contribution in [2.45, 2.75) is 19.3 Å². The van der Waals surface area contributed by atoms with Crippen LogP contribution in [0.3, 0.4) is 0 Å². The molecule has 1 aromatic rings. The average Bonchev–Trinajstić information content (AvgIpc) is 2.38. The highest BCUT2D eigenvalue weighted by Crippen LogP contribution is 2.26. The lowest BCUT2D eigenvalue weighted by Crippen LogP contribution is -2.32. The SMILES string of the molecule is CNC(=O)c1cc(N)ccc1N1CCCCC1. The molecular weight excluding hydrogens is 214 g/mol. The summed E-state index contributed by atoms with van der Waals surface area (Å²) in [7, 11) is 1.64. The Bertz CT molecular complexity index is 411. The molecule has 3 N–H and O–H groups in total. The molecule has 0 spiro atoms. The molecule has 1 aliphatic heterocycles. The number of nitrogens with two attached hydrogens (primary N) is 1. The van der Waals surface area contributed by atoms with Gasteiger partial charge >= 0.3 is 0 Å². The van der Waals surface area contributed by atoms with Gasteiger partial charge in [0.25, 0.3) is 5.91 Å². The van der Waals surface area contributed by atoms with Crippen molar-refractivity contribution >= 4 is 17.3 Å². The molecule has 1 heterocycles. The van der Waals surface area contributed by atoms with Gasteiger partial charge in [0.2, 0.25) is 0 Å². The molecule has 0 aliphatic carbocycles. The van der Waals surface area contributed by atoms with Gasteiger partial charge in [0.1, 0.15) is 0 Å². The van der Waals surface area contributed by atoms with Gasteiger partial charge in [-0.1, -0.05) is 0 Å². The van der Waals surface area contributed by atoms with Crippen LogP contribution < -0.4 is 16.0 Å². The normalized spacial score (nSPS) is 15.7. The fourth-order valence-electron chi connectivity index (χ4n) is 2.28. The second-order valence-electron chi connectivity index (χ2n) is 4.40. The molecule has 0 atom stereocenters. The number of carbonyl (C=O) groups excluding carboxylic acids is 1. The Hall–Kier alpha value is -1.71. The van der Waals surface area contributed by atoms with E-state index in [1.54, 1.807) is 13.1 Å². The summed E-state index contributed by atoms with van der Waals surface area (Å²) in [5.74, 6) is -0.0714. The van der Waals surface area contributed by atoms with Crippen LogP contribution in [0.2, 0.25) is 0 Å². The monoisotopic (exact) mass is 233 g/mol. The molecule has 1 saturated heterocycles. The lowest BCUT2D eigenvalue weighted by Gasteiger charge is -2.30. The van der Waals surface area contributed by atoms with Gasteiger partial charge in [-0.05, 0) is 37.5 Å². The molecule has 1 fully saturated rings. The quantitative estimate of drug-likeness (QED) is 0.763. The van der Waals surface area contributed by atoms with Crippen LogP contribution >= 0.6 is 0 Å². The van der Waals surface area contributed by atoms with Crippen LogP contribution in [0, 0.1) is 0 Å². The molecule has 0 aromatic heterocycles. The highest BCUT2D eigenvalue weighted by atomic mass is 16.1. The minimum atomic E-state index is -0.0714. The van der Waals surface area contributed by atoms with E-state index in [0.29, 0.717) is 11.3 Å². The van der Waals surface area contributed by atoms with E-state index >= 15 is 0 Å². The van der Waals surface area contributed by atoms with E-state index in [1.165, 1.54) is 19.3 Å². The largest absolute Gasteiger partial charge is 0.399 e. The lowest BCUT2D eigenvalue weighted by atomic mass is 10.1. The van der Waals surface area contributed by atoms with Gasteiger partial charge in [-0.3, -0.25) is 4.79 Å². The van der Waals surface area contributed by atoms with Crippen LogP contribution in [0.25, 0.3) is 0 Å². The molecule has 92 valence electrons. The van der Waals surface area contributed by atoms with Gasteiger partial charge < -0.3 is 16.0 Å². The van der Waals surface area contributed by atoms with E-state index in [2.05, 4.69) is 10.2 Å². The third-order valence-corrected chi connectivity index (χ3v) is 3.19. The predicted octanol–water partition coefficient (Wildman–Crippen LogP) is 1.62. The first-order valence-electron chi connectivity index (χ1n) is 6.09. The summed E-state index contributed by atoms with van der Waals surface area (Å²) in [6, 6.07) is 5.56. The van der Waals surface area contributed by atoms with Crippen molar-refractivity contribution in [3.63, 3.8) is 0 Å². The number of nitrogens with one attached hydrogen (secondary N) is 1. The molecule has 4 heteroatoms. The number of benzene rings is 1. The van der Waals surface area contributed by atoms with Gasteiger partial charge in [0, 0.05) is 31.5 Å². The van der Waals surface area contributed by atoms with Crippen molar-refractivity contribution in [1.82, 2.24) is 5.32 Å². The van der Waals surface area contributed by atoms with Crippen molar-refractivity contribution < 1.29 is 4.79 Å². The molecule has 17 heavy (non-hydrogen) atoms. The number of hydrogen-bond acceptors (Lipinski definition) is 3. The number of anilines is 2. The average molecular weight is 233 g/mol. The Morgan fingerprint density at radius 1 is 1.29 bits per heavy atom. The fourth-order valence-corrected chi connectivity index (χ4v) is 2.28. The molecule has 0 saturated carbocycles. The summed E-state index contributed by atoms with van der Waals surface area (Å²) in [5.41, 5.74) is 8.05. The predicted molar refractivity (Wildman–Crippen MR) is 70.3 cm³/mol. The van der Waals surface area contributed by atoms with Crippen LogP contribution in [0.15, 0.2) is 18.2 Å². The van der Waals surface area contributed by atoms with E-state index in [1.807, 2.05) is 12.1 Å². The second-order valence-corrected chi connectivity index (χ2v) is 4.40. The summed E-state index contributed by atoms with van der Waals surface area (Å²) in [5, 5.41) is 2.67. The van der Waals surface area contributed by atoms with Crippen molar-refractivity contribution in [3.05, 3.63) is 23.8 Å². The molecule has 1 aliphatic rings. The number of hydrogen-bond donors (Lipinski definition) is 2. The van der Waals surface area contributed by atoms with E-state index < -0.39 is 0 Å². The Kier molecular flexibility index (Phi) is 3.52. The number of rotatable bonds is 2. The highest BCUT2D eigenvalue weighted by molar-refractivity contribution is 6.00. The second kappa shape index (κ2) is 5.08. The van der Waals surface area contributed by atoms with E-state index in [0.717, 1.165) is 18.8 Å². The zero-order chi connectivity index (χ0) is 12.3. The molecule has 0 radical (unpaired) electrons. The highest BCUT2D eigenvalue weighted by Gasteiger charge is 2.17. The Morgan fingerprint density at radius 2 is 2.00 bits per heavy atom. The maximum atomic E-state index is 11.8. The topological polar surface area (TPSA) is 58.4 Å². The van der Waals surface area contributed by atoms with E-state index in [4.69, 9.17) is 5.73 Å². The van der Waals surface area contributed by atoms with Crippen molar-refractivity contribution in [2.24, 2.45) is 0 Å². The maximum absolute atomic E-state index is 11.8. The number of carbonyl (C=O) groups is 1. The van der Waals surface area contributed by atoms with Crippen molar-refractivity contribution in [3.8, 4) is 0 Å². The lowest BCUT2D eigenvalue weighted by molar-refractivity contribution is 0.0963. The zero-order valence-corrected chi connectivity index (χ0v) is 10.2. The number of piperidine rings is 1. The van der Waals surface area contributed by atoms with Crippen LogP contribution in [0.4, 0.5) is 11.4 Å². The number of nitrogens with zero attached hydrogens (tertiary/aromatic N) is 1. The van der Waals surface area contributed by atoms with Crippen LogP contribution in [-0.2, 0) is 0 Å².